The number of hydrogen-bond acceptors (Lipinski definition) is 3. The standard InChI is InChI=1S/C22H33N5O/c1-18(16-28-17-19-8-4-3-5-9-19)14-24-22(23-2)25-15-20-12-13-27(26-20)21-10-6-7-11-21/h3-5,8-9,12-13,18,21H,6-7,10-11,14-17H2,1-2H3,(H2,23,24,25). The summed E-state index contributed by atoms with van der Waals surface area (Å²) in [5.41, 5.74) is 2.26. The number of guanidine groups is 1. The summed E-state index contributed by atoms with van der Waals surface area (Å²) in [6.07, 6.45) is 7.25. The van der Waals surface area contributed by atoms with Crippen LogP contribution in [0.15, 0.2) is 47.6 Å². The summed E-state index contributed by atoms with van der Waals surface area (Å²) in [5.74, 6) is 1.19. The van der Waals surface area contributed by atoms with Crippen LogP contribution in [-0.4, -0.2) is 35.9 Å². The lowest BCUT2D eigenvalue weighted by Gasteiger charge is -2.16. The Labute approximate surface area is 168 Å². The van der Waals surface area contributed by atoms with Crippen molar-refractivity contribution in [3.63, 3.8) is 0 Å². The SMILES string of the molecule is CN=C(NCc1ccn(C2CCCC2)n1)NCC(C)COCc1ccccc1. The molecule has 1 aliphatic carbocycles. The molecule has 2 aromatic rings. The molecular weight excluding hydrogens is 350 g/mol. The average Bonchev–Trinajstić information content (AvgIpc) is 3.41. The van der Waals surface area contributed by atoms with Gasteiger partial charge in [0.1, 0.15) is 0 Å². The zero-order chi connectivity index (χ0) is 19.6. The Morgan fingerprint density at radius 1 is 1.21 bits per heavy atom. The third-order valence-corrected chi connectivity index (χ3v) is 5.15. The Morgan fingerprint density at radius 3 is 2.75 bits per heavy atom. The van der Waals surface area contributed by atoms with Gasteiger partial charge in [-0.25, -0.2) is 0 Å². The van der Waals surface area contributed by atoms with Crippen LogP contribution >= 0.6 is 0 Å². The molecule has 152 valence electrons. The number of ether oxygens (including phenoxy) is 1. The first-order chi connectivity index (χ1) is 13.7. The maximum Gasteiger partial charge on any atom is 0.191 e. The third-order valence-electron chi connectivity index (χ3n) is 5.15. The minimum atomic E-state index is 0.392. The fourth-order valence-corrected chi connectivity index (χ4v) is 3.52. The van der Waals surface area contributed by atoms with Crippen molar-refractivity contribution >= 4 is 5.96 Å². The van der Waals surface area contributed by atoms with Crippen molar-refractivity contribution in [2.24, 2.45) is 10.9 Å². The summed E-state index contributed by atoms with van der Waals surface area (Å²) < 4.78 is 7.95. The minimum absolute atomic E-state index is 0.392. The normalized spacial score (nSPS) is 16.3. The molecule has 1 aromatic heterocycles. The number of aliphatic imine (C=N–C) groups is 1. The van der Waals surface area contributed by atoms with E-state index in [4.69, 9.17) is 9.84 Å². The highest BCUT2D eigenvalue weighted by molar-refractivity contribution is 5.79. The number of aromatic nitrogens is 2. The molecule has 2 N–H and O–H groups in total. The van der Waals surface area contributed by atoms with Crippen molar-refractivity contribution in [3.05, 3.63) is 53.9 Å². The lowest BCUT2D eigenvalue weighted by atomic mass is 10.2. The van der Waals surface area contributed by atoms with Gasteiger partial charge in [0.05, 0.1) is 31.5 Å². The zero-order valence-corrected chi connectivity index (χ0v) is 17.1. The maximum absolute atomic E-state index is 5.82. The molecule has 0 saturated heterocycles. The van der Waals surface area contributed by atoms with Gasteiger partial charge in [-0.3, -0.25) is 9.67 Å². The fourth-order valence-electron chi connectivity index (χ4n) is 3.52. The van der Waals surface area contributed by atoms with Crippen molar-refractivity contribution in [3.8, 4) is 0 Å². The highest BCUT2D eigenvalue weighted by Gasteiger charge is 2.17. The maximum atomic E-state index is 5.82. The molecular formula is C22H33N5O. The topological polar surface area (TPSA) is 63.5 Å². The molecule has 3 rings (SSSR count). The summed E-state index contributed by atoms with van der Waals surface area (Å²) >= 11 is 0. The first kappa shape index (κ1) is 20.4. The van der Waals surface area contributed by atoms with E-state index in [2.05, 4.69) is 51.6 Å². The number of rotatable bonds is 9. The average molecular weight is 384 g/mol. The second kappa shape index (κ2) is 10.9. The summed E-state index contributed by atoms with van der Waals surface area (Å²) in [4.78, 5) is 4.31. The van der Waals surface area contributed by atoms with Gasteiger partial charge in [0.2, 0.25) is 0 Å². The number of nitrogens with one attached hydrogen (secondary N) is 2. The molecule has 6 heteroatoms. The summed E-state index contributed by atoms with van der Waals surface area (Å²) in [6, 6.07) is 13.0. The molecule has 0 amide bonds. The molecule has 0 aliphatic heterocycles. The summed E-state index contributed by atoms with van der Waals surface area (Å²) in [5, 5.41) is 11.4. The van der Waals surface area contributed by atoms with E-state index in [1.165, 1.54) is 31.2 Å². The second-order valence-electron chi connectivity index (χ2n) is 7.64. The molecule has 6 nitrogen and oxygen atoms in total. The van der Waals surface area contributed by atoms with Crippen molar-refractivity contribution in [1.29, 1.82) is 0 Å². The molecule has 28 heavy (non-hydrogen) atoms. The third kappa shape index (κ3) is 6.37. The van der Waals surface area contributed by atoms with E-state index in [0.29, 0.717) is 31.7 Å². The van der Waals surface area contributed by atoms with E-state index in [0.717, 1.165) is 18.2 Å². The van der Waals surface area contributed by atoms with E-state index in [9.17, 15) is 0 Å². The Bertz CT molecular complexity index is 722. The predicted octanol–water partition coefficient (Wildman–Crippen LogP) is 3.52. The molecule has 1 unspecified atom stereocenters. The van der Waals surface area contributed by atoms with Gasteiger partial charge in [-0.05, 0) is 30.4 Å². The van der Waals surface area contributed by atoms with Gasteiger partial charge >= 0.3 is 0 Å². The Morgan fingerprint density at radius 2 is 2.00 bits per heavy atom. The molecule has 1 aliphatic rings. The van der Waals surface area contributed by atoms with Crippen LogP contribution in [0.4, 0.5) is 0 Å². The van der Waals surface area contributed by atoms with Crippen LogP contribution in [0.2, 0.25) is 0 Å². The molecule has 1 heterocycles. The van der Waals surface area contributed by atoms with E-state index in [1.807, 2.05) is 18.2 Å². The van der Waals surface area contributed by atoms with Crippen LogP contribution < -0.4 is 10.6 Å². The molecule has 1 fully saturated rings. The monoisotopic (exact) mass is 383 g/mol. The Hall–Kier alpha value is -2.34. The summed E-state index contributed by atoms with van der Waals surface area (Å²) in [6.45, 7) is 5.03. The van der Waals surface area contributed by atoms with Gasteiger partial charge in [-0.2, -0.15) is 5.10 Å². The summed E-state index contributed by atoms with van der Waals surface area (Å²) in [7, 11) is 1.79. The van der Waals surface area contributed by atoms with Gasteiger partial charge in [-0.1, -0.05) is 50.1 Å². The number of benzene rings is 1. The largest absolute Gasteiger partial charge is 0.376 e. The molecule has 1 saturated carbocycles. The van der Waals surface area contributed by atoms with Crippen LogP contribution in [0.1, 0.15) is 49.9 Å². The molecule has 0 bridgehead atoms. The molecule has 0 radical (unpaired) electrons. The van der Waals surface area contributed by atoms with E-state index in [-0.39, 0.29) is 0 Å². The van der Waals surface area contributed by atoms with Gasteiger partial charge in [0.15, 0.2) is 5.96 Å². The lowest BCUT2D eigenvalue weighted by molar-refractivity contribution is 0.0931. The minimum Gasteiger partial charge on any atom is -0.376 e. The number of nitrogens with zero attached hydrogens (tertiary/aromatic N) is 3. The highest BCUT2D eigenvalue weighted by Crippen LogP contribution is 2.28. The molecule has 1 atom stereocenters. The van der Waals surface area contributed by atoms with E-state index in [1.54, 1.807) is 7.05 Å². The zero-order valence-electron chi connectivity index (χ0n) is 17.1. The first-order valence-electron chi connectivity index (χ1n) is 10.3. The Balaban J connectivity index is 1.33. The van der Waals surface area contributed by atoms with E-state index >= 15 is 0 Å². The second-order valence-corrected chi connectivity index (χ2v) is 7.64. The first-order valence-corrected chi connectivity index (χ1v) is 10.3. The van der Waals surface area contributed by atoms with Crippen LogP contribution in [0, 0.1) is 5.92 Å². The highest BCUT2D eigenvalue weighted by atomic mass is 16.5. The van der Waals surface area contributed by atoms with Gasteiger partial charge in [0, 0.05) is 19.8 Å². The van der Waals surface area contributed by atoms with Crippen LogP contribution in [-0.2, 0) is 17.9 Å². The lowest BCUT2D eigenvalue weighted by Crippen LogP contribution is -2.39. The van der Waals surface area contributed by atoms with Crippen molar-refractivity contribution < 1.29 is 4.74 Å². The fraction of sp³-hybridized carbons (Fsp3) is 0.545. The quantitative estimate of drug-likeness (QED) is 0.514. The smallest absolute Gasteiger partial charge is 0.191 e. The van der Waals surface area contributed by atoms with Crippen LogP contribution in [0.25, 0.3) is 0 Å². The molecule has 1 aromatic carbocycles. The predicted molar refractivity (Wildman–Crippen MR) is 113 cm³/mol. The van der Waals surface area contributed by atoms with Crippen molar-refractivity contribution in [1.82, 2.24) is 20.4 Å². The Kier molecular flexibility index (Phi) is 7.91. The van der Waals surface area contributed by atoms with Crippen molar-refractivity contribution in [2.45, 2.75) is 51.8 Å². The van der Waals surface area contributed by atoms with Crippen LogP contribution in [0.3, 0.4) is 0 Å². The van der Waals surface area contributed by atoms with Gasteiger partial charge in [-0.15, -0.1) is 0 Å². The number of hydrogen-bond donors (Lipinski definition) is 2. The van der Waals surface area contributed by atoms with Crippen LogP contribution in [0.5, 0.6) is 0 Å². The van der Waals surface area contributed by atoms with Gasteiger partial charge in [0.25, 0.3) is 0 Å². The van der Waals surface area contributed by atoms with E-state index < -0.39 is 0 Å². The van der Waals surface area contributed by atoms with Crippen molar-refractivity contribution in [2.75, 3.05) is 20.2 Å². The van der Waals surface area contributed by atoms with Gasteiger partial charge < -0.3 is 15.4 Å². The molecule has 0 spiro atoms.